The van der Waals surface area contributed by atoms with Crippen LogP contribution in [-0.4, -0.2) is 22.7 Å². The van der Waals surface area contributed by atoms with Crippen LogP contribution in [0, 0.1) is 12.8 Å². The molecule has 0 spiro atoms. The van der Waals surface area contributed by atoms with Crippen molar-refractivity contribution in [2.45, 2.75) is 27.2 Å². The third-order valence-corrected chi connectivity index (χ3v) is 4.84. The Morgan fingerprint density at radius 2 is 2.15 bits per heavy atom. The number of carbonyl (C=O) groups is 1. The fraction of sp³-hybridized carbons (Fsp3) is 0.286. The van der Waals surface area contributed by atoms with Crippen LogP contribution in [0.3, 0.4) is 0 Å². The summed E-state index contributed by atoms with van der Waals surface area (Å²) >= 11 is 1.63. The van der Waals surface area contributed by atoms with Crippen LogP contribution in [0.15, 0.2) is 48.1 Å². The van der Waals surface area contributed by atoms with Crippen LogP contribution >= 0.6 is 11.3 Å². The Bertz CT molecular complexity index is 907. The van der Waals surface area contributed by atoms with E-state index in [1.807, 2.05) is 55.8 Å². The first-order valence-corrected chi connectivity index (χ1v) is 9.77. The molecule has 2 aromatic heterocycles. The predicted molar refractivity (Wildman–Crippen MR) is 109 cm³/mol. The van der Waals surface area contributed by atoms with Gasteiger partial charge in [-0.2, -0.15) is 0 Å². The molecule has 0 atom stereocenters. The maximum Gasteiger partial charge on any atom is 0.411 e. The van der Waals surface area contributed by atoms with Gasteiger partial charge in [0.2, 0.25) is 0 Å². The fourth-order valence-electron chi connectivity index (χ4n) is 2.54. The third kappa shape index (κ3) is 5.37. The first-order valence-electron chi connectivity index (χ1n) is 8.89. The second-order valence-corrected chi connectivity index (χ2v) is 7.75. The number of aromatic nitrogens is 2. The van der Waals surface area contributed by atoms with E-state index in [9.17, 15) is 4.79 Å². The van der Waals surface area contributed by atoms with Gasteiger partial charge in [0, 0.05) is 35.4 Å². The van der Waals surface area contributed by atoms with Gasteiger partial charge in [-0.25, -0.2) is 9.78 Å². The lowest BCUT2D eigenvalue weighted by atomic mass is 10.1. The largest absolute Gasteiger partial charge is 0.449 e. The number of rotatable bonds is 6. The summed E-state index contributed by atoms with van der Waals surface area (Å²) in [4.78, 5) is 20.8. The molecule has 27 heavy (non-hydrogen) atoms. The number of amides is 1. The highest BCUT2D eigenvalue weighted by Crippen LogP contribution is 2.25. The Hall–Kier alpha value is -2.73. The van der Waals surface area contributed by atoms with Crippen molar-refractivity contribution in [1.29, 1.82) is 0 Å². The smallest absolute Gasteiger partial charge is 0.411 e. The van der Waals surface area contributed by atoms with Gasteiger partial charge in [-0.3, -0.25) is 10.3 Å². The molecule has 140 valence electrons. The number of benzene rings is 1. The van der Waals surface area contributed by atoms with Gasteiger partial charge in [0.15, 0.2) is 0 Å². The number of aryl methyl sites for hydroxylation is 1. The van der Waals surface area contributed by atoms with E-state index >= 15 is 0 Å². The Labute approximate surface area is 163 Å². The minimum absolute atomic E-state index is 0.309. The summed E-state index contributed by atoms with van der Waals surface area (Å²) in [6.45, 7) is 6.47. The van der Waals surface area contributed by atoms with E-state index in [0.717, 1.165) is 33.1 Å². The highest BCUT2D eigenvalue weighted by Gasteiger charge is 2.10. The molecule has 2 heterocycles. The Morgan fingerprint density at radius 3 is 2.89 bits per heavy atom. The SMILES string of the molecule is Cc1ccc(NC(=O)OCC(C)C)cc1Cc1nc(-c2cccnc2)cs1. The predicted octanol–water partition coefficient (Wildman–Crippen LogP) is 5.31. The first kappa shape index (κ1) is 19.0. The van der Waals surface area contributed by atoms with Crippen LogP contribution in [0.25, 0.3) is 11.3 Å². The highest BCUT2D eigenvalue weighted by molar-refractivity contribution is 7.10. The number of pyridine rings is 1. The number of carbonyl (C=O) groups excluding carboxylic acids is 1. The highest BCUT2D eigenvalue weighted by atomic mass is 32.1. The standard InChI is InChI=1S/C21H23N3O2S/c1-14(2)12-26-21(25)23-18-7-6-15(3)17(9-18)10-20-24-19(13-27-20)16-5-4-8-22-11-16/h4-9,11,13-14H,10,12H2,1-3H3,(H,23,25). The molecule has 1 aromatic carbocycles. The number of nitrogens with zero attached hydrogens (tertiary/aromatic N) is 2. The molecule has 0 aliphatic rings. The van der Waals surface area contributed by atoms with Gasteiger partial charge in [-0.05, 0) is 48.2 Å². The topological polar surface area (TPSA) is 64.1 Å². The molecule has 3 aromatic rings. The molecule has 1 amide bonds. The monoisotopic (exact) mass is 381 g/mol. The van der Waals surface area contributed by atoms with Crippen LogP contribution in [0.2, 0.25) is 0 Å². The minimum atomic E-state index is -0.424. The number of thiazole rings is 1. The second-order valence-electron chi connectivity index (χ2n) is 6.80. The Balaban J connectivity index is 1.70. The van der Waals surface area contributed by atoms with Crippen molar-refractivity contribution < 1.29 is 9.53 Å². The summed E-state index contributed by atoms with van der Waals surface area (Å²) in [7, 11) is 0. The molecule has 0 unspecified atom stereocenters. The van der Waals surface area contributed by atoms with E-state index < -0.39 is 6.09 Å². The molecular weight excluding hydrogens is 358 g/mol. The van der Waals surface area contributed by atoms with Gasteiger partial charge in [0.05, 0.1) is 17.3 Å². The molecule has 0 aliphatic heterocycles. The van der Waals surface area contributed by atoms with Crippen molar-refractivity contribution in [2.75, 3.05) is 11.9 Å². The van der Waals surface area contributed by atoms with E-state index in [1.165, 1.54) is 0 Å². The molecule has 0 aliphatic carbocycles. The van der Waals surface area contributed by atoms with E-state index in [2.05, 4.69) is 17.2 Å². The molecule has 3 rings (SSSR count). The molecule has 0 radical (unpaired) electrons. The number of ether oxygens (including phenoxy) is 1. The first-order chi connectivity index (χ1) is 13.0. The van der Waals surface area contributed by atoms with Crippen LogP contribution in [0.1, 0.15) is 30.0 Å². The second kappa shape index (κ2) is 8.77. The quantitative estimate of drug-likeness (QED) is 0.628. The molecule has 0 fully saturated rings. The van der Waals surface area contributed by atoms with Crippen LogP contribution in [-0.2, 0) is 11.2 Å². The van der Waals surface area contributed by atoms with Gasteiger partial charge in [-0.1, -0.05) is 19.9 Å². The van der Waals surface area contributed by atoms with Gasteiger partial charge in [0.25, 0.3) is 0 Å². The van der Waals surface area contributed by atoms with Gasteiger partial charge in [0.1, 0.15) is 0 Å². The summed E-state index contributed by atoms with van der Waals surface area (Å²) in [5.74, 6) is 0.309. The molecule has 6 heteroatoms. The average Bonchev–Trinajstić information content (AvgIpc) is 3.12. The maximum absolute atomic E-state index is 11.9. The Morgan fingerprint density at radius 1 is 1.30 bits per heavy atom. The number of nitrogens with one attached hydrogen (secondary N) is 1. The van der Waals surface area contributed by atoms with E-state index in [-0.39, 0.29) is 0 Å². The van der Waals surface area contributed by atoms with Crippen molar-refractivity contribution in [1.82, 2.24) is 9.97 Å². The van der Waals surface area contributed by atoms with Crippen LogP contribution in [0.5, 0.6) is 0 Å². The van der Waals surface area contributed by atoms with Gasteiger partial charge in [-0.15, -0.1) is 11.3 Å². The summed E-state index contributed by atoms with van der Waals surface area (Å²) < 4.78 is 5.18. The summed E-state index contributed by atoms with van der Waals surface area (Å²) in [6, 6.07) is 9.79. The lowest BCUT2D eigenvalue weighted by Gasteiger charge is -2.11. The van der Waals surface area contributed by atoms with Crippen molar-refractivity contribution in [3.63, 3.8) is 0 Å². The van der Waals surface area contributed by atoms with Crippen molar-refractivity contribution >= 4 is 23.1 Å². The molecule has 0 saturated carbocycles. The van der Waals surface area contributed by atoms with Crippen molar-refractivity contribution in [3.05, 3.63) is 64.2 Å². The fourth-order valence-corrected chi connectivity index (χ4v) is 3.36. The lowest BCUT2D eigenvalue weighted by Crippen LogP contribution is -2.16. The minimum Gasteiger partial charge on any atom is -0.449 e. The van der Waals surface area contributed by atoms with Gasteiger partial charge >= 0.3 is 6.09 Å². The summed E-state index contributed by atoms with van der Waals surface area (Å²) in [5, 5.41) is 5.87. The third-order valence-electron chi connectivity index (χ3n) is 3.99. The van der Waals surface area contributed by atoms with Crippen LogP contribution < -0.4 is 5.32 Å². The number of anilines is 1. The molecule has 1 N–H and O–H groups in total. The van der Waals surface area contributed by atoms with Gasteiger partial charge < -0.3 is 4.74 Å². The Kier molecular flexibility index (Phi) is 6.19. The maximum atomic E-state index is 11.9. The van der Waals surface area contributed by atoms with Crippen molar-refractivity contribution in [2.24, 2.45) is 5.92 Å². The summed E-state index contributed by atoms with van der Waals surface area (Å²) in [5.41, 5.74) is 4.97. The molecular formula is C21H23N3O2S. The zero-order valence-corrected chi connectivity index (χ0v) is 16.5. The molecule has 0 saturated heterocycles. The summed E-state index contributed by atoms with van der Waals surface area (Å²) in [6.07, 6.45) is 3.86. The average molecular weight is 382 g/mol. The van der Waals surface area contributed by atoms with E-state index in [1.54, 1.807) is 17.5 Å². The zero-order valence-electron chi connectivity index (χ0n) is 15.7. The van der Waals surface area contributed by atoms with E-state index in [0.29, 0.717) is 18.9 Å². The zero-order chi connectivity index (χ0) is 19.2. The van der Waals surface area contributed by atoms with E-state index in [4.69, 9.17) is 9.72 Å². The van der Waals surface area contributed by atoms with Crippen molar-refractivity contribution in [3.8, 4) is 11.3 Å². The normalized spacial score (nSPS) is 10.8. The molecule has 0 bridgehead atoms. The molecule has 5 nitrogen and oxygen atoms in total. The van der Waals surface area contributed by atoms with Crippen LogP contribution in [0.4, 0.5) is 10.5 Å². The number of hydrogen-bond acceptors (Lipinski definition) is 5. The lowest BCUT2D eigenvalue weighted by molar-refractivity contribution is 0.147. The number of hydrogen-bond donors (Lipinski definition) is 1.